The average Bonchev–Trinajstić information content (AvgIpc) is 2.21. The van der Waals surface area contributed by atoms with E-state index < -0.39 is 15.8 Å². The third kappa shape index (κ3) is 4.09. The predicted octanol–water partition coefficient (Wildman–Crippen LogP) is 2.46. The average molecular weight is 259 g/mol. The predicted molar refractivity (Wildman–Crippen MR) is 65.8 cm³/mol. The van der Waals surface area contributed by atoms with Gasteiger partial charge in [0.25, 0.3) is 0 Å². The van der Waals surface area contributed by atoms with E-state index in [0.29, 0.717) is 18.0 Å². The number of halogens is 1. The Bertz CT molecular complexity index is 483. The highest BCUT2D eigenvalue weighted by atomic mass is 32.2. The first kappa shape index (κ1) is 14.1. The van der Waals surface area contributed by atoms with Gasteiger partial charge < -0.3 is 0 Å². The number of hydrogen-bond donors (Lipinski definition) is 1. The highest BCUT2D eigenvalue weighted by Gasteiger charge is 2.14. The molecule has 0 heterocycles. The van der Waals surface area contributed by atoms with E-state index in [1.54, 1.807) is 6.92 Å². The fourth-order valence-electron chi connectivity index (χ4n) is 1.35. The second-order valence-electron chi connectivity index (χ2n) is 4.49. The molecule has 1 N–H and O–H groups in total. The lowest BCUT2D eigenvalue weighted by Gasteiger charge is -2.09. The van der Waals surface area contributed by atoms with Crippen LogP contribution >= 0.6 is 0 Å². The quantitative estimate of drug-likeness (QED) is 0.883. The highest BCUT2D eigenvalue weighted by molar-refractivity contribution is 7.89. The molecule has 0 aliphatic carbocycles. The third-order valence-corrected chi connectivity index (χ3v) is 3.91. The summed E-state index contributed by atoms with van der Waals surface area (Å²) in [4.78, 5) is 0.111. The summed E-state index contributed by atoms with van der Waals surface area (Å²) in [5.74, 6) is 0.0405. The van der Waals surface area contributed by atoms with E-state index in [1.165, 1.54) is 18.2 Å². The second-order valence-corrected chi connectivity index (χ2v) is 6.26. The molecule has 5 heteroatoms. The van der Waals surface area contributed by atoms with E-state index in [2.05, 4.69) is 4.72 Å². The first-order chi connectivity index (χ1) is 7.83. The van der Waals surface area contributed by atoms with Crippen molar-refractivity contribution in [2.45, 2.75) is 32.1 Å². The van der Waals surface area contributed by atoms with Crippen molar-refractivity contribution in [1.29, 1.82) is 0 Å². The molecule has 0 aliphatic heterocycles. The molecule has 96 valence electrons. The van der Waals surface area contributed by atoms with Gasteiger partial charge in [-0.3, -0.25) is 0 Å². The minimum absolute atomic E-state index is 0.111. The van der Waals surface area contributed by atoms with Crippen molar-refractivity contribution in [3.63, 3.8) is 0 Å². The van der Waals surface area contributed by atoms with Gasteiger partial charge in [0.1, 0.15) is 5.82 Å². The van der Waals surface area contributed by atoms with Crippen LogP contribution < -0.4 is 4.72 Å². The van der Waals surface area contributed by atoms with Crippen molar-refractivity contribution in [2.24, 2.45) is 5.92 Å². The van der Waals surface area contributed by atoms with Gasteiger partial charge in [0.05, 0.1) is 4.90 Å². The maximum absolute atomic E-state index is 13.0. The van der Waals surface area contributed by atoms with E-state index in [0.717, 1.165) is 6.42 Å². The molecule has 0 bridgehead atoms. The first-order valence-corrected chi connectivity index (χ1v) is 7.07. The fourth-order valence-corrected chi connectivity index (χ4v) is 2.48. The minimum atomic E-state index is -3.51. The Kier molecular flexibility index (Phi) is 4.65. The molecule has 0 radical (unpaired) electrons. The molecular formula is C12H18FNO2S. The van der Waals surface area contributed by atoms with E-state index >= 15 is 0 Å². The molecule has 0 spiro atoms. The molecule has 0 saturated heterocycles. The summed E-state index contributed by atoms with van der Waals surface area (Å²) in [5, 5.41) is 0. The van der Waals surface area contributed by atoms with Crippen molar-refractivity contribution in [3.8, 4) is 0 Å². The van der Waals surface area contributed by atoms with Gasteiger partial charge in [-0.05, 0) is 43.0 Å². The first-order valence-electron chi connectivity index (χ1n) is 5.59. The zero-order valence-electron chi connectivity index (χ0n) is 10.3. The molecule has 0 amide bonds. The van der Waals surface area contributed by atoms with Crippen LogP contribution in [0.25, 0.3) is 0 Å². The minimum Gasteiger partial charge on any atom is -0.211 e. The molecule has 0 fully saturated rings. The molecule has 0 aliphatic rings. The van der Waals surface area contributed by atoms with E-state index in [9.17, 15) is 12.8 Å². The van der Waals surface area contributed by atoms with Crippen LogP contribution in [0, 0.1) is 18.7 Å². The van der Waals surface area contributed by atoms with Crippen molar-refractivity contribution in [2.75, 3.05) is 6.54 Å². The summed E-state index contributed by atoms with van der Waals surface area (Å²) >= 11 is 0. The summed E-state index contributed by atoms with van der Waals surface area (Å²) in [6.07, 6.45) is 0.777. The number of nitrogens with one attached hydrogen (secondary N) is 1. The summed E-state index contributed by atoms with van der Waals surface area (Å²) in [5.41, 5.74) is 0.330. The largest absolute Gasteiger partial charge is 0.240 e. The van der Waals surface area contributed by atoms with Gasteiger partial charge in [-0.25, -0.2) is 17.5 Å². The summed E-state index contributed by atoms with van der Waals surface area (Å²) < 4.78 is 39.2. The van der Waals surface area contributed by atoms with Crippen molar-refractivity contribution in [1.82, 2.24) is 4.72 Å². The smallest absolute Gasteiger partial charge is 0.211 e. The van der Waals surface area contributed by atoms with Gasteiger partial charge in [0.2, 0.25) is 10.0 Å². The van der Waals surface area contributed by atoms with Gasteiger partial charge >= 0.3 is 0 Å². The van der Waals surface area contributed by atoms with Crippen LogP contribution in [0.15, 0.2) is 23.1 Å². The molecule has 0 aromatic heterocycles. The van der Waals surface area contributed by atoms with Crippen molar-refractivity contribution >= 4 is 10.0 Å². The molecule has 1 aromatic rings. The van der Waals surface area contributed by atoms with Crippen molar-refractivity contribution < 1.29 is 12.8 Å². The summed E-state index contributed by atoms with van der Waals surface area (Å²) in [6.45, 7) is 5.99. The monoisotopic (exact) mass is 259 g/mol. The summed E-state index contributed by atoms with van der Waals surface area (Å²) in [6, 6.07) is 3.79. The maximum Gasteiger partial charge on any atom is 0.240 e. The summed E-state index contributed by atoms with van der Waals surface area (Å²) in [7, 11) is -3.51. The Morgan fingerprint density at radius 1 is 1.35 bits per heavy atom. The lowest BCUT2D eigenvalue weighted by atomic mass is 10.1. The number of benzene rings is 1. The van der Waals surface area contributed by atoms with Gasteiger partial charge in [0.15, 0.2) is 0 Å². The normalized spacial score (nSPS) is 12.1. The van der Waals surface area contributed by atoms with Gasteiger partial charge in [-0.2, -0.15) is 0 Å². The Labute approximate surface area is 102 Å². The zero-order chi connectivity index (χ0) is 13.1. The number of sulfonamides is 1. The molecule has 3 nitrogen and oxygen atoms in total. The molecule has 0 atom stereocenters. The Morgan fingerprint density at radius 3 is 2.53 bits per heavy atom. The zero-order valence-corrected chi connectivity index (χ0v) is 11.1. The molecule has 17 heavy (non-hydrogen) atoms. The molecule has 1 aromatic carbocycles. The van der Waals surface area contributed by atoms with E-state index in [-0.39, 0.29) is 4.90 Å². The van der Waals surface area contributed by atoms with Gasteiger partial charge in [-0.1, -0.05) is 13.8 Å². The second kappa shape index (κ2) is 5.60. The van der Waals surface area contributed by atoms with Crippen LogP contribution in [0.5, 0.6) is 0 Å². The fraction of sp³-hybridized carbons (Fsp3) is 0.500. The topological polar surface area (TPSA) is 46.2 Å². The van der Waals surface area contributed by atoms with Gasteiger partial charge in [0, 0.05) is 6.54 Å². The van der Waals surface area contributed by atoms with Crippen LogP contribution in [0.1, 0.15) is 25.8 Å². The van der Waals surface area contributed by atoms with Crippen molar-refractivity contribution in [3.05, 3.63) is 29.6 Å². The molecule has 0 unspecified atom stereocenters. The van der Waals surface area contributed by atoms with Crippen LogP contribution in [0.3, 0.4) is 0 Å². The van der Waals surface area contributed by atoms with Crippen LogP contribution in [0.4, 0.5) is 4.39 Å². The molecule has 0 saturated carbocycles. The van der Waals surface area contributed by atoms with E-state index in [1.807, 2.05) is 13.8 Å². The lowest BCUT2D eigenvalue weighted by molar-refractivity contribution is 0.551. The Morgan fingerprint density at radius 2 is 2.00 bits per heavy atom. The lowest BCUT2D eigenvalue weighted by Crippen LogP contribution is -2.25. The van der Waals surface area contributed by atoms with Gasteiger partial charge in [-0.15, -0.1) is 0 Å². The third-order valence-electron chi connectivity index (χ3n) is 2.45. The van der Waals surface area contributed by atoms with E-state index in [4.69, 9.17) is 0 Å². The molecule has 1 rings (SSSR count). The number of hydrogen-bond acceptors (Lipinski definition) is 2. The Hall–Kier alpha value is -0.940. The van der Waals surface area contributed by atoms with Crippen LogP contribution in [-0.4, -0.2) is 15.0 Å². The Balaban J connectivity index is 2.79. The molecular weight excluding hydrogens is 241 g/mol. The van der Waals surface area contributed by atoms with Crippen LogP contribution in [0.2, 0.25) is 0 Å². The number of rotatable bonds is 5. The maximum atomic E-state index is 13.0. The standard InChI is InChI=1S/C12H18FNO2S/c1-9(2)6-7-14-17(15,16)11-4-5-12(13)10(3)8-11/h4-5,8-9,14H,6-7H2,1-3H3. The van der Waals surface area contributed by atoms with Crippen LogP contribution in [-0.2, 0) is 10.0 Å². The SMILES string of the molecule is Cc1cc(S(=O)(=O)NCCC(C)C)ccc1F. The number of aryl methyl sites for hydroxylation is 1. The highest BCUT2D eigenvalue weighted by Crippen LogP contribution is 2.14.